The Morgan fingerprint density at radius 2 is 2.00 bits per heavy atom. The summed E-state index contributed by atoms with van der Waals surface area (Å²) in [7, 11) is 3.39. The number of hydrogen-bond acceptors (Lipinski definition) is 2. The van der Waals surface area contributed by atoms with Crippen molar-refractivity contribution in [2.75, 3.05) is 19.4 Å². The van der Waals surface area contributed by atoms with E-state index in [4.69, 9.17) is 0 Å². The molecule has 0 aliphatic carbocycles. The van der Waals surface area contributed by atoms with Crippen molar-refractivity contribution in [1.82, 2.24) is 10.2 Å². The fraction of sp³-hybridized carbons (Fsp3) is 0.467. The fourth-order valence-electron chi connectivity index (χ4n) is 1.88. The number of nitrogens with zero attached hydrogens (tertiary/aromatic N) is 1. The number of benzene rings is 1. The molecule has 20 heavy (non-hydrogen) atoms. The van der Waals surface area contributed by atoms with Gasteiger partial charge >= 0.3 is 6.03 Å². The van der Waals surface area contributed by atoms with E-state index in [1.807, 2.05) is 6.92 Å². The van der Waals surface area contributed by atoms with E-state index < -0.39 is 0 Å². The van der Waals surface area contributed by atoms with Gasteiger partial charge in [-0.2, -0.15) is 0 Å². The highest BCUT2D eigenvalue weighted by Gasteiger charge is 2.10. The van der Waals surface area contributed by atoms with Gasteiger partial charge in [-0.25, -0.2) is 4.79 Å². The number of hydrogen-bond donors (Lipinski definition) is 2. The Balaban J connectivity index is 2.66. The molecule has 0 unspecified atom stereocenters. The van der Waals surface area contributed by atoms with Crippen LogP contribution in [0.3, 0.4) is 0 Å². The first-order chi connectivity index (χ1) is 9.43. The Morgan fingerprint density at radius 1 is 1.30 bits per heavy atom. The number of amides is 3. The molecule has 1 aromatic rings. The molecule has 5 nitrogen and oxygen atoms in total. The summed E-state index contributed by atoms with van der Waals surface area (Å²) in [6.45, 7) is 4.04. The molecule has 0 fully saturated rings. The molecule has 0 radical (unpaired) electrons. The van der Waals surface area contributed by atoms with Crippen molar-refractivity contribution < 1.29 is 9.59 Å². The van der Waals surface area contributed by atoms with Gasteiger partial charge in [0, 0.05) is 31.4 Å². The molecule has 0 heterocycles. The zero-order chi connectivity index (χ0) is 15.1. The van der Waals surface area contributed by atoms with Gasteiger partial charge in [-0.05, 0) is 31.5 Å². The van der Waals surface area contributed by atoms with Crippen LogP contribution in [0, 0.1) is 0 Å². The Morgan fingerprint density at radius 3 is 2.60 bits per heavy atom. The van der Waals surface area contributed by atoms with Crippen molar-refractivity contribution in [3.05, 3.63) is 29.8 Å². The van der Waals surface area contributed by atoms with Gasteiger partial charge in [-0.15, -0.1) is 0 Å². The van der Waals surface area contributed by atoms with Crippen LogP contribution in [0.2, 0.25) is 0 Å². The summed E-state index contributed by atoms with van der Waals surface area (Å²) < 4.78 is 0. The molecule has 1 atom stereocenters. The first-order valence-electron chi connectivity index (χ1n) is 6.83. The van der Waals surface area contributed by atoms with Crippen LogP contribution in [0.1, 0.15) is 37.0 Å². The normalized spacial score (nSPS) is 11.6. The molecule has 0 saturated carbocycles. The predicted molar refractivity (Wildman–Crippen MR) is 81.0 cm³/mol. The number of nitrogens with one attached hydrogen (secondary N) is 2. The summed E-state index contributed by atoms with van der Waals surface area (Å²) in [6.07, 6.45) is 1.96. The van der Waals surface area contributed by atoms with E-state index >= 15 is 0 Å². The van der Waals surface area contributed by atoms with E-state index in [-0.39, 0.29) is 18.0 Å². The Bertz CT molecular complexity index is 472. The third kappa shape index (κ3) is 4.91. The highest BCUT2D eigenvalue weighted by atomic mass is 16.2. The maximum atomic E-state index is 11.8. The van der Waals surface area contributed by atoms with Gasteiger partial charge in [-0.1, -0.05) is 19.4 Å². The SMILES string of the molecule is CCC[C@H](C)NC(=O)Nc1cccc(C(=O)N(C)C)c1. The van der Waals surface area contributed by atoms with Crippen molar-refractivity contribution in [3.63, 3.8) is 0 Å². The lowest BCUT2D eigenvalue weighted by molar-refractivity contribution is 0.0827. The van der Waals surface area contributed by atoms with E-state index in [2.05, 4.69) is 17.6 Å². The highest BCUT2D eigenvalue weighted by Crippen LogP contribution is 2.12. The van der Waals surface area contributed by atoms with E-state index in [0.717, 1.165) is 12.8 Å². The molecule has 0 bridgehead atoms. The molecule has 1 rings (SSSR count). The number of anilines is 1. The minimum absolute atomic E-state index is 0.0894. The molecule has 3 amide bonds. The molecular formula is C15H23N3O2. The lowest BCUT2D eigenvalue weighted by Crippen LogP contribution is -2.36. The van der Waals surface area contributed by atoms with Crippen LogP contribution < -0.4 is 10.6 Å². The second kappa shape index (κ2) is 7.53. The summed E-state index contributed by atoms with van der Waals surface area (Å²) in [5, 5.41) is 5.60. The van der Waals surface area contributed by atoms with Crippen LogP contribution in [0.25, 0.3) is 0 Å². The summed E-state index contributed by atoms with van der Waals surface area (Å²) in [5.41, 5.74) is 1.16. The maximum Gasteiger partial charge on any atom is 0.319 e. The van der Waals surface area contributed by atoms with E-state index in [9.17, 15) is 9.59 Å². The van der Waals surface area contributed by atoms with Gasteiger partial charge in [0.15, 0.2) is 0 Å². The number of urea groups is 1. The van der Waals surface area contributed by atoms with E-state index in [0.29, 0.717) is 11.3 Å². The third-order valence-corrected chi connectivity index (χ3v) is 2.87. The first-order valence-corrected chi connectivity index (χ1v) is 6.83. The molecule has 0 aliphatic heterocycles. The van der Waals surface area contributed by atoms with Crippen LogP contribution in [0.4, 0.5) is 10.5 Å². The van der Waals surface area contributed by atoms with Gasteiger partial charge in [-0.3, -0.25) is 4.79 Å². The molecule has 1 aromatic carbocycles. The molecule has 0 spiro atoms. The van der Waals surface area contributed by atoms with Gasteiger partial charge in [0.2, 0.25) is 0 Å². The smallest absolute Gasteiger partial charge is 0.319 e. The Labute approximate surface area is 120 Å². The predicted octanol–water partition coefficient (Wildman–Crippen LogP) is 2.70. The minimum Gasteiger partial charge on any atom is -0.345 e. The largest absolute Gasteiger partial charge is 0.345 e. The second-order valence-corrected chi connectivity index (χ2v) is 5.07. The number of carbonyl (C=O) groups is 2. The average Bonchev–Trinajstić information content (AvgIpc) is 2.37. The molecule has 0 aliphatic rings. The van der Waals surface area contributed by atoms with Crippen LogP contribution >= 0.6 is 0 Å². The maximum absolute atomic E-state index is 11.8. The van der Waals surface area contributed by atoms with Crippen molar-refractivity contribution in [3.8, 4) is 0 Å². The molecule has 5 heteroatoms. The van der Waals surface area contributed by atoms with Gasteiger partial charge in [0.25, 0.3) is 5.91 Å². The van der Waals surface area contributed by atoms with Gasteiger partial charge < -0.3 is 15.5 Å². The molecule has 0 saturated heterocycles. The lowest BCUT2D eigenvalue weighted by Gasteiger charge is -2.14. The second-order valence-electron chi connectivity index (χ2n) is 5.07. The standard InChI is InChI=1S/C15H23N3O2/c1-5-7-11(2)16-15(20)17-13-9-6-8-12(10-13)14(19)18(3)4/h6,8-11H,5,7H2,1-4H3,(H2,16,17,20)/t11-/m0/s1. The zero-order valence-electron chi connectivity index (χ0n) is 12.6. The molecule has 0 aromatic heterocycles. The van der Waals surface area contributed by atoms with Crippen molar-refractivity contribution >= 4 is 17.6 Å². The highest BCUT2D eigenvalue weighted by molar-refractivity contribution is 5.96. The lowest BCUT2D eigenvalue weighted by atomic mass is 10.2. The first kappa shape index (κ1) is 16.0. The Kier molecular flexibility index (Phi) is 6.03. The summed E-state index contributed by atoms with van der Waals surface area (Å²) in [6, 6.07) is 6.79. The number of carbonyl (C=O) groups excluding carboxylic acids is 2. The quantitative estimate of drug-likeness (QED) is 0.869. The van der Waals surface area contributed by atoms with E-state index in [1.165, 1.54) is 4.90 Å². The van der Waals surface area contributed by atoms with Gasteiger partial charge in [0.05, 0.1) is 0 Å². The van der Waals surface area contributed by atoms with Crippen LogP contribution in [0.5, 0.6) is 0 Å². The fourth-order valence-corrected chi connectivity index (χ4v) is 1.88. The summed E-state index contributed by atoms with van der Waals surface area (Å²) in [4.78, 5) is 25.1. The van der Waals surface area contributed by atoms with Crippen molar-refractivity contribution in [2.24, 2.45) is 0 Å². The number of rotatable bonds is 5. The molecular weight excluding hydrogens is 254 g/mol. The molecule has 2 N–H and O–H groups in total. The van der Waals surface area contributed by atoms with Crippen LogP contribution in [0.15, 0.2) is 24.3 Å². The topological polar surface area (TPSA) is 61.4 Å². The monoisotopic (exact) mass is 277 g/mol. The van der Waals surface area contributed by atoms with Crippen molar-refractivity contribution in [2.45, 2.75) is 32.7 Å². The minimum atomic E-state index is -0.250. The van der Waals surface area contributed by atoms with E-state index in [1.54, 1.807) is 38.4 Å². The van der Waals surface area contributed by atoms with Crippen LogP contribution in [-0.2, 0) is 0 Å². The summed E-state index contributed by atoms with van der Waals surface area (Å²) in [5.74, 6) is -0.0894. The van der Waals surface area contributed by atoms with Crippen LogP contribution in [-0.4, -0.2) is 37.0 Å². The average molecular weight is 277 g/mol. The summed E-state index contributed by atoms with van der Waals surface area (Å²) >= 11 is 0. The van der Waals surface area contributed by atoms with Gasteiger partial charge in [0.1, 0.15) is 0 Å². The Hall–Kier alpha value is -2.04. The third-order valence-electron chi connectivity index (χ3n) is 2.87. The zero-order valence-corrected chi connectivity index (χ0v) is 12.6. The molecule has 110 valence electrons. The van der Waals surface area contributed by atoms with Crippen molar-refractivity contribution in [1.29, 1.82) is 0 Å².